The quantitative estimate of drug-likeness (QED) is 0.236. The van der Waals surface area contributed by atoms with Crippen LogP contribution in [0.2, 0.25) is 0 Å². The van der Waals surface area contributed by atoms with E-state index in [1.165, 1.54) is 11.8 Å². The summed E-state index contributed by atoms with van der Waals surface area (Å²) in [5.74, 6) is 2.51. The third-order valence-corrected chi connectivity index (χ3v) is 6.77. The normalized spacial score (nSPS) is 12.3. The molecule has 2 heterocycles. The van der Waals surface area contributed by atoms with E-state index < -0.39 is 0 Å². The van der Waals surface area contributed by atoms with Gasteiger partial charge in [-0.2, -0.15) is 0 Å². The molecule has 0 fully saturated rings. The number of Topliss-reactive ketones (excluding diaryl/α,β-unsaturated/α-hetero) is 1. The van der Waals surface area contributed by atoms with Crippen molar-refractivity contribution in [3.8, 4) is 5.75 Å². The van der Waals surface area contributed by atoms with Crippen molar-refractivity contribution in [3.05, 3.63) is 59.2 Å². The van der Waals surface area contributed by atoms with Gasteiger partial charge in [-0.1, -0.05) is 43.8 Å². The van der Waals surface area contributed by atoms with Crippen molar-refractivity contribution in [1.82, 2.24) is 19.3 Å². The number of hydrogen-bond acceptors (Lipinski definition) is 6. The molecule has 0 radical (unpaired) electrons. The largest absolute Gasteiger partial charge is 0.486 e. The molecule has 1 aromatic carbocycles. The number of ketones is 1. The fourth-order valence-electron chi connectivity index (χ4n) is 4.07. The molecule has 0 spiro atoms. The molecule has 0 aliphatic heterocycles. The summed E-state index contributed by atoms with van der Waals surface area (Å²) < 4.78 is 15.5. The number of carbonyl (C=O) groups is 1. The minimum Gasteiger partial charge on any atom is -0.486 e. The predicted octanol–water partition coefficient (Wildman–Crippen LogP) is 5.50. The summed E-state index contributed by atoms with van der Waals surface area (Å²) in [6.45, 7) is 12.3. The van der Waals surface area contributed by atoms with E-state index in [4.69, 9.17) is 9.47 Å². The molecule has 0 aliphatic carbocycles. The molecule has 184 valence electrons. The Kier molecular flexibility index (Phi) is 9.36. The molecule has 1 atom stereocenters. The summed E-state index contributed by atoms with van der Waals surface area (Å²) in [7, 11) is 1.70. The van der Waals surface area contributed by atoms with Crippen LogP contribution in [0, 0.1) is 19.8 Å². The van der Waals surface area contributed by atoms with Crippen LogP contribution >= 0.6 is 11.8 Å². The number of ether oxygens (including phenoxy) is 2. The zero-order valence-corrected chi connectivity index (χ0v) is 21.9. The Bertz CT molecular complexity index is 1080. The molecule has 0 amide bonds. The van der Waals surface area contributed by atoms with Crippen LogP contribution < -0.4 is 4.74 Å². The molecule has 0 aliphatic rings. The summed E-state index contributed by atoms with van der Waals surface area (Å²) in [4.78, 5) is 13.1. The van der Waals surface area contributed by atoms with Crippen LogP contribution in [-0.4, -0.2) is 44.6 Å². The van der Waals surface area contributed by atoms with Crippen molar-refractivity contribution in [2.45, 2.75) is 65.4 Å². The second kappa shape index (κ2) is 12.2. The van der Waals surface area contributed by atoms with Crippen molar-refractivity contribution in [2.75, 3.05) is 19.5 Å². The van der Waals surface area contributed by atoms with Gasteiger partial charge in [0.25, 0.3) is 0 Å². The lowest BCUT2D eigenvalue weighted by atomic mass is 10.1. The highest BCUT2D eigenvalue weighted by Gasteiger charge is 2.21. The van der Waals surface area contributed by atoms with E-state index in [0.29, 0.717) is 24.9 Å². The van der Waals surface area contributed by atoms with Gasteiger partial charge in [0.15, 0.2) is 16.8 Å². The van der Waals surface area contributed by atoms with Gasteiger partial charge in [0, 0.05) is 30.6 Å². The number of thioether (sulfide) groups is 1. The molecule has 1 unspecified atom stereocenters. The molecule has 8 heteroatoms. The van der Waals surface area contributed by atoms with E-state index >= 15 is 0 Å². The highest BCUT2D eigenvalue weighted by atomic mass is 32.2. The maximum Gasteiger partial charge on any atom is 0.191 e. The Balaban J connectivity index is 1.72. The van der Waals surface area contributed by atoms with Crippen LogP contribution in [0.3, 0.4) is 0 Å². The first-order chi connectivity index (χ1) is 16.3. The minimum atomic E-state index is 0.0921. The van der Waals surface area contributed by atoms with Gasteiger partial charge >= 0.3 is 0 Å². The van der Waals surface area contributed by atoms with Crippen LogP contribution in [-0.2, 0) is 17.9 Å². The number of hydrogen-bond donors (Lipinski definition) is 0. The molecule has 34 heavy (non-hydrogen) atoms. The van der Waals surface area contributed by atoms with E-state index in [1.807, 2.05) is 50.2 Å². The molecule has 2 aromatic heterocycles. The van der Waals surface area contributed by atoms with Crippen LogP contribution in [0.1, 0.15) is 60.8 Å². The summed E-state index contributed by atoms with van der Waals surface area (Å²) in [5.41, 5.74) is 2.80. The number of aromatic nitrogens is 4. The van der Waals surface area contributed by atoms with Crippen LogP contribution in [0.5, 0.6) is 5.75 Å². The van der Waals surface area contributed by atoms with Gasteiger partial charge in [0.05, 0.1) is 18.4 Å². The van der Waals surface area contributed by atoms with Crippen molar-refractivity contribution in [3.63, 3.8) is 0 Å². The van der Waals surface area contributed by atoms with Crippen molar-refractivity contribution >= 4 is 17.5 Å². The highest BCUT2D eigenvalue weighted by molar-refractivity contribution is 7.99. The Morgan fingerprint density at radius 3 is 2.53 bits per heavy atom. The summed E-state index contributed by atoms with van der Waals surface area (Å²) in [6, 6.07) is 11.8. The summed E-state index contributed by atoms with van der Waals surface area (Å²) in [5, 5.41) is 9.52. The average molecular weight is 485 g/mol. The van der Waals surface area contributed by atoms with Gasteiger partial charge in [0.2, 0.25) is 0 Å². The van der Waals surface area contributed by atoms with Gasteiger partial charge in [0.1, 0.15) is 12.4 Å². The smallest absolute Gasteiger partial charge is 0.191 e. The van der Waals surface area contributed by atoms with Gasteiger partial charge < -0.3 is 18.6 Å². The third kappa shape index (κ3) is 6.51. The Morgan fingerprint density at radius 1 is 1.12 bits per heavy atom. The first-order valence-corrected chi connectivity index (χ1v) is 12.7. The summed E-state index contributed by atoms with van der Waals surface area (Å²) >= 11 is 1.44. The van der Waals surface area contributed by atoms with Crippen molar-refractivity contribution in [1.29, 1.82) is 0 Å². The number of nitrogens with zero attached hydrogens (tertiary/aromatic N) is 4. The molecular formula is C26H36N4O3S. The third-order valence-electron chi connectivity index (χ3n) is 5.80. The number of methoxy groups -OCH3 is 1. The van der Waals surface area contributed by atoms with E-state index in [0.717, 1.165) is 46.6 Å². The van der Waals surface area contributed by atoms with E-state index in [2.05, 4.69) is 40.1 Å². The molecule has 3 aromatic rings. The predicted molar refractivity (Wildman–Crippen MR) is 136 cm³/mol. The van der Waals surface area contributed by atoms with Gasteiger partial charge in [-0.25, -0.2) is 0 Å². The fourth-order valence-corrected chi connectivity index (χ4v) is 4.94. The number of rotatable bonds is 13. The highest BCUT2D eigenvalue weighted by Crippen LogP contribution is 2.25. The van der Waals surface area contributed by atoms with Crippen molar-refractivity contribution in [2.24, 2.45) is 5.92 Å². The van der Waals surface area contributed by atoms with Crippen LogP contribution in [0.25, 0.3) is 0 Å². The molecule has 0 saturated heterocycles. The Labute approximate surface area is 206 Å². The first-order valence-electron chi connectivity index (χ1n) is 11.7. The molecule has 3 rings (SSSR count). The second-order valence-electron chi connectivity index (χ2n) is 9.01. The molecular weight excluding hydrogens is 448 g/mol. The maximum atomic E-state index is 13.1. The van der Waals surface area contributed by atoms with Crippen LogP contribution in [0.4, 0.5) is 0 Å². The lowest BCUT2D eigenvalue weighted by Gasteiger charge is -2.17. The standard InChI is InChI=1S/C26H36N4O3S/c1-18(2)12-13-29-25(16-33-22-10-8-7-9-11-22)27-28-26(29)34-17-24(31)23-14-19(3)30(21(23)5)20(4)15-32-6/h7-11,14,18,20H,12-13,15-17H2,1-6H3. The van der Waals surface area contributed by atoms with Gasteiger partial charge in [-0.05, 0) is 51.3 Å². The molecule has 7 nitrogen and oxygen atoms in total. The zero-order chi connectivity index (χ0) is 24.7. The van der Waals surface area contributed by atoms with Gasteiger partial charge in [-0.15, -0.1) is 10.2 Å². The monoisotopic (exact) mass is 484 g/mol. The molecule has 0 saturated carbocycles. The SMILES string of the molecule is COCC(C)n1c(C)cc(C(=O)CSc2nnc(COc3ccccc3)n2CCC(C)C)c1C. The zero-order valence-electron chi connectivity index (χ0n) is 21.1. The van der Waals surface area contributed by atoms with Crippen molar-refractivity contribution < 1.29 is 14.3 Å². The average Bonchev–Trinajstić information content (AvgIpc) is 3.34. The summed E-state index contributed by atoms with van der Waals surface area (Å²) in [6.07, 6.45) is 0.996. The van der Waals surface area contributed by atoms with Gasteiger partial charge in [-0.3, -0.25) is 4.79 Å². The topological polar surface area (TPSA) is 71.2 Å². The lowest BCUT2D eigenvalue weighted by molar-refractivity contribution is 0.102. The Hall–Kier alpha value is -2.58. The molecule has 0 N–H and O–H groups in total. The lowest BCUT2D eigenvalue weighted by Crippen LogP contribution is -2.15. The Morgan fingerprint density at radius 2 is 1.85 bits per heavy atom. The van der Waals surface area contributed by atoms with E-state index in [9.17, 15) is 4.79 Å². The number of benzene rings is 1. The molecule has 0 bridgehead atoms. The maximum absolute atomic E-state index is 13.1. The number of carbonyl (C=O) groups excluding carboxylic acids is 1. The van der Waals surface area contributed by atoms with E-state index in [1.54, 1.807) is 7.11 Å². The first kappa shape index (κ1) is 26.0. The number of aryl methyl sites for hydroxylation is 1. The second-order valence-corrected chi connectivity index (χ2v) is 9.95. The fraction of sp³-hybridized carbons (Fsp3) is 0.500. The van der Waals surface area contributed by atoms with Crippen LogP contribution in [0.15, 0.2) is 41.6 Å². The minimum absolute atomic E-state index is 0.0921. The van der Waals surface area contributed by atoms with E-state index in [-0.39, 0.29) is 11.8 Å². The number of para-hydroxylation sites is 1.